The first kappa shape index (κ1) is 20.9. The quantitative estimate of drug-likeness (QED) is 0.561. The van der Waals surface area contributed by atoms with E-state index in [2.05, 4.69) is 10.3 Å². The van der Waals surface area contributed by atoms with Crippen molar-refractivity contribution >= 4 is 40.7 Å². The van der Waals surface area contributed by atoms with Crippen molar-refractivity contribution < 1.29 is 14.0 Å². The van der Waals surface area contributed by atoms with Crippen molar-refractivity contribution in [3.8, 4) is 11.3 Å². The molecule has 29 heavy (non-hydrogen) atoms. The van der Waals surface area contributed by atoms with Crippen LogP contribution in [-0.4, -0.2) is 34.8 Å². The lowest BCUT2D eigenvalue weighted by molar-refractivity contribution is -0.116. The summed E-state index contributed by atoms with van der Waals surface area (Å²) >= 11 is 12.0. The zero-order chi connectivity index (χ0) is 20.8. The third-order valence-corrected chi connectivity index (χ3v) is 4.73. The maximum absolute atomic E-state index is 12.9. The Hall–Kier alpha value is -2.83. The number of halogens is 2. The van der Waals surface area contributed by atoms with E-state index in [-0.39, 0.29) is 18.4 Å². The molecule has 150 valence electrons. The highest BCUT2D eigenvalue weighted by molar-refractivity contribution is 6.35. The molecule has 0 unspecified atom stereocenters. The van der Waals surface area contributed by atoms with Crippen molar-refractivity contribution in [3.63, 3.8) is 0 Å². The summed E-state index contributed by atoms with van der Waals surface area (Å²) in [4.78, 5) is 30.8. The van der Waals surface area contributed by atoms with Gasteiger partial charge in [-0.1, -0.05) is 42.3 Å². The van der Waals surface area contributed by atoms with Crippen LogP contribution in [0.1, 0.15) is 23.7 Å². The number of benzene rings is 2. The maximum atomic E-state index is 12.9. The average molecular weight is 432 g/mol. The first-order chi connectivity index (χ1) is 14.0. The Kier molecular flexibility index (Phi) is 6.90. The van der Waals surface area contributed by atoms with Crippen molar-refractivity contribution in [1.29, 1.82) is 0 Å². The summed E-state index contributed by atoms with van der Waals surface area (Å²) in [6.45, 7) is 2.29. The Labute approximate surface area is 178 Å². The molecule has 2 amide bonds. The second-order valence-electron chi connectivity index (χ2n) is 6.34. The van der Waals surface area contributed by atoms with E-state index in [0.717, 1.165) is 5.56 Å². The molecule has 3 rings (SSSR count). The lowest BCUT2D eigenvalue weighted by Gasteiger charge is -2.22. The fourth-order valence-electron chi connectivity index (χ4n) is 2.80. The molecule has 0 saturated carbocycles. The number of nitrogens with zero attached hydrogens (tertiary/aromatic N) is 2. The molecule has 0 aliphatic carbocycles. The number of carbonyl (C=O) groups excluding carboxylic acids is 2. The number of anilines is 1. The molecule has 0 radical (unpaired) electrons. The third-order valence-electron chi connectivity index (χ3n) is 4.17. The summed E-state index contributed by atoms with van der Waals surface area (Å²) in [5, 5.41) is 3.54. The van der Waals surface area contributed by atoms with Crippen LogP contribution in [-0.2, 0) is 4.79 Å². The number of hydrogen-bond acceptors (Lipinski definition) is 4. The maximum Gasteiger partial charge on any atom is 0.254 e. The van der Waals surface area contributed by atoms with Gasteiger partial charge in [0.25, 0.3) is 5.91 Å². The Morgan fingerprint density at radius 1 is 1.14 bits per heavy atom. The standard InChI is InChI=1S/C21H19Cl2N3O3/c1-2-9-26(12-20(27)25-18-10-16(22)7-8-17(18)23)21(28)15-5-3-14(4-6-15)19-11-24-13-29-19/h3-8,10-11,13H,2,9,12H2,1H3,(H,25,27). The molecular formula is C21H19Cl2N3O3. The number of oxazole rings is 1. The zero-order valence-corrected chi connectivity index (χ0v) is 17.2. The van der Waals surface area contributed by atoms with Gasteiger partial charge in [-0.25, -0.2) is 4.98 Å². The average Bonchev–Trinajstić information content (AvgIpc) is 3.25. The normalized spacial score (nSPS) is 10.6. The van der Waals surface area contributed by atoms with Gasteiger partial charge in [0.1, 0.15) is 6.54 Å². The molecule has 0 bridgehead atoms. The minimum absolute atomic E-state index is 0.0978. The van der Waals surface area contributed by atoms with Crippen LogP contribution in [0.25, 0.3) is 11.3 Å². The van der Waals surface area contributed by atoms with Crippen LogP contribution >= 0.6 is 23.2 Å². The molecule has 2 aromatic carbocycles. The Balaban J connectivity index is 1.70. The predicted molar refractivity (Wildman–Crippen MR) is 113 cm³/mol. The fraction of sp³-hybridized carbons (Fsp3) is 0.190. The lowest BCUT2D eigenvalue weighted by Crippen LogP contribution is -2.38. The first-order valence-electron chi connectivity index (χ1n) is 9.01. The lowest BCUT2D eigenvalue weighted by atomic mass is 10.1. The summed E-state index contributed by atoms with van der Waals surface area (Å²) in [7, 11) is 0. The van der Waals surface area contributed by atoms with Crippen molar-refractivity contribution in [1.82, 2.24) is 9.88 Å². The number of carbonyl (C=O) groups is 2. The minimum atomic E-state index is -0.353. The highest BCUT2D eigenvalue weighted by atomic mass is 35.5. The number of aromatic nitrogens is 1. The van der Waals surface area contributed by atoms with Crippen LogP contribution in [0.3, 0.4) is 0 Å². The van der Waals surface area contributed by atoms with E-state index >= 15 is 0 Å². The number of nitrogens with one attached hydrogen (secondary N) is 1. The second-order valence-corrected chi connectivity index (χ2v) is 7.19. The van der Waals surface area contributed by atoms with Gasteiger partial charge in [-0.15, -0.1) is 0 Å². The van der Waals surface area contributed by atoms with Crippen molar-refractivity contribution in [2.45, 2.75) is 13.3 Å². The summed E-state index contributed by atoms with van der Waals surface area (Å²) in [5.41, 5.74) is 1.70. The van der Waals surface area contributed by atoms with Crippen LogP contribution in [0.2, 0.25) is 10.0 Å². The van der Waals surface area contributed by atoms with Gasteiger partial charge in [0.2, 0.25) is 5.91 Å². The summed E-state index contributed by atoms with van der Waals surface area (Å²) in [6.07, 6.45) is 3.67. The van der Waals surface area contributed by atoms with E-state index < -0.39 is 0 Å². The van der Waals surface area contributed by atoms with Gasteiger partial charge in [0, 0.05) is 22.7 Å². The molecule has 0 spiro atoms. The van der Waals surface area contributed by atoms with E-state index in [1.54, 1.807) is 48.7 Å². The Morgan fingerprint density at radius 3 is 2.55 bits per heavy atom. The molecule has 1 heterocycles. The smallest absolute Gasteiger partial charge is 0.254 e. The molecule has 3 aromatic rings. The zero-order valence-electron chi connectivity index (χ0n) is 15.7. The SMILES string of the molecule is CCCN(CC(=O)Nc1cc(Cl)ccc1Cl)C(=O)c1ccc(-c2cnco2)cc1. The van der Waals surface area contributed by atoms with Gasteiger partial charge in [0.15, 0.2) is 12.2 Å². The molecule has 1 N–H and O–H groups in total. The fourth-order valence-corrected chi connectivity index (χ4v) is 3.13. The topological polar surface area (TPSA) is 75.4 Å². The number of rotatable bonds is 7. The molecule has 0 fully saturated rings. The van der Waals surface area contributed by atoms with Gasteiger partial charge < -0.3 is 14.6 Å². The number of hydrogen-bond donors (Lipinski definition) is 1. The number of amides is 2. The van der Waals surface area contributed by atoms with E-state index in [4.69, 9.17) is 27.6 Å². The van der Waals surface area contributed by atoms with Crippen LogP contribution in [0, 0.1) is 0 Å². The second kappa shape index (κ2) is 9.58. The molecule has 0 atom stereocenters. The van der Waals surface area contributed by atoms with Gasteiger partial charge in [-0.3, -0.25) is 9.59 Å². The van der Waals surface area contributed by atoms with Crippen LogP contribution < -0.4 is 5.32 Å². The van der Waals surface area contributed by atoms with Crippen LogP contribution in [0.4, 0.5) is 5.69 Å². The van der Waals surface area contributed by atoms with E-state index in [9.17, 15) is 9.59 Å². The molecular weight excluding hydrogens is 413 g/mol. The molecule has 0 aliphatic heterocycles. The monoisotopic (exact) mass is 431 g/mol. The van der Waals surface area contributed by atoms with E-state index in [0.29, 0.717) is 40.0 Å². The van der Waals surface area contributed by atoms with Crippen LogP contribution in [0.15, 0.2) is 59.5 Å². The third kappa shape index (κ3) is 5.37. The molecule has 8 heteroatoms. The van der Waals surface area contributed by atoms with Gasteiger partial charge >= 0.3 is 0 Å². The molecule has 0 saturated heterocycles. The largest absolute Gasteiger partial charge is 0.444 e. The van der Waals surface area contributed by atoms with Crippen molar-refractivity contribution in [2.75, 3.05) is 18.4 Å². The van der Waals surface area contributed by atoms with E-state index in [1.807, 2.05) is 6.92 Å². The predicted octanol–water partition coefficient (Wildman–Crippen LogP) is 5.14. The van der Waals surface area contributed by atoms with Gasteiger partial charge in [-0.05, 0) is 36.8 Å². The molecule has 1 aromatic heterocycles. The van der Waals surface area contributed by atoms with Crippen LogP contribution in [0.5, 0.6) is 0 Å². The molecule has 0 aliphatic rings. The Morgan fingerprint density at radius 2 is 1.90 bits per heavy atom. The van der Waals surface area contributed by atoms with Crippen molar-refractivity contribution in [2.24, 2.45) is 0 Å². The summed E-state index contributed by atoms with van der Waals surface area (Å²) in [5.74, 6) is 0.0322. The van der Waals surface area contributed by atoms with Crippen molar-refractivity contribution in [3.05, 3.63) is 70.7 Å². The summed E-state index contributed by atoms with van der Waals surface area (Å²) in [6, 6.07) is 11.8. The van der Waals surface area contributed by atoms with Gasteiger partial charge in [0.05, 0.1) is 16.9 Å². The first-order valence-corrected chi connectivity index (χ1v) is 9.76. The minimum Gasteiger partial charge on any atom is -0.444 e. The van der Waals surface area contributed by atoms with Gasteiger partial charge in [-0.2, -0.15) is 0 Å². The molecule has 6 nitrogen and oxygen atoms in total. The highest BCUT2D eigenvalue weighted by Crippen LogP contribution is 2.25. The van der Waals surface area contributed by atoms with E-state index in [1.165, 1.54) is 11.3 Å². The Bertz CT molecular complexity index is 989. The summed E-state index contributed by atoms with van der Waals surface area (Å²) < 4.78 is 5.25. The highest BCUT2D eigenvalue weighted by Gasteiger charge is 2.19.